The predicted octanol–water partition coefficient (Wildman–Crippen LogP) is 2.48. The maximum atomic E-state index is 11.8. The molecule has 2 N–H and O–H groups in total. The molecule has 6 heteroatoms. The minimum absolute atomic E-state index is 0.0960. The van der Waals surface area contributed by atoms with E-state index in [1.165, 1.54) is 0 Å². The van der Waals surface area contributed by atoms with Crippen LogP contribution in [-0.4, -0.2) is 20.7 Å². The first-order chi connectivity index (χ1) is 8.49. The lowest BCUT2D eigenvalue weighted by Gasteiger charge is -2.03. The zero-order valence-electron chi connectivity index (χ0n) is 10.1. The van der Waals surface area contributed by atoms with Gasteiger partial charge in [0.05, 0.1) is 0 Å². The number of hydrogen-bond acceptors (Lipinski definition) is 4. The third kappa shape index (κ3) is 2.36. The Morgan fingerprint density at radius 1 is 1.33 bits per heavy atom. The van der Waals surface area contributed by atoms with Crippen molar-refractivity contribution >= 4 is 23.5 Å². The monoisotopic (exact) mass is 264 g/mol. The van der Waals surface area contributed by atoms with Gasteiger partial charge in [0.25, 0.3) is 5.91 Å². The van der Waals surface area contributed by atoms with Crippen molar-refractivity contribution in [1.82, 2.24) is 14.8 Å². The molecule has 0 aliphatic rings. The maximum absolute atomic E-state index is 11.8. The van der Waals surface area contributed by atoms with Gasteiger partial charge in [-0.1, -0.05) is 25.4 Å². The molecular formula is C12H13ClN4O. The Labute approximate surface area is 110 Å². The first-order valence-corrected chi connectivity index (χ1v) is 5.89. The minimum atomic E-state index is -0.188. The van der Waals surface area contributed by atoms with Crippen molar-refractivity contribution in [3.05, 3.63) is 29.3 Å². The number of carbonyl (C=O) groups is 1. The number of nitrogens with zero attached hydrogens (tertiary/aromatic N) is 3. The molecule has 0 bridgehead atoms. The molecule has 0 fully saturated rings. The number of aromatic nitrogens is 3. The van der Waals surface area contributed by atoms with Crippen LogP contribution < -0.4 is 5.73 Å². The fraction of sp³-hybridized carbons (Fsp3) is 0.250. The third-order valence-corrected chi connectivity index (χ3v) is 2.69. The summed E-state index contributed by atoms with van der Waals surface area (Å²) in [4.78, 5) is 15.9. The van der Waals surface area contributed by atoms with E-state index in [9.17, 15) is 4.79 Å². The second-order valence-electron chi connectivity index (χ2n) is 4.21. The summed E-state index contributed by atoms with van der Waals surface area (Å²) in [5.41, 5.74) is 6.45. The first-order valence-electron chi connectivity index (χ1n) is 5.51. The lowest BCUT2D eigenvalue weighted by Crippen LogP contribution is -2.20. The highest BCUT2D eigenvalue weighted by Crippen LogP contribution is 2.19. The second-order valence-corrected chi connectivity index (χ2v) is 4.64. The van der Waals surface area contributed by atoms with E-state index in [0.29, 0.717) is 10.8 Å². The second kappa shape index (κ2) is 4.78. The van der Waals surface area contributed by atoms with Crippen LogP contribution in [0.15, 0.2) is 24.3 Å². The number of rotatable bonds is 2. The van der Waals surface area contributed by atoms with Crippen LogP contribution in [0.2, 0.25) is 5.02 Å². The molecule has 1 aromatic carbocycles. The Morgan fingerprint density at radius 3 is 2.50 bits per heavy atom. The summed E-state index contributed by atoms with van der Waals surface area (Å²) in [7, 11) is 0. The van der Waals surface area contributed by atoms with Crippen molar-refractivity contribution in [2.24, 2.45) is 5.92 Å². The zero-order chi connectivity index (χ0) is 13.3. The van der Waals surface area contributed by atoms with Crippen molar-refractivity contribution in [1.29, 1.82) is 0 Å². The van der Waals surface area contributed by atoms with Crippen LogP contribution in [0.25, 0.3) is 11.4 Å². The minimum Gasteiger partial charge on any atom is -0.368 e. The summed E-state index contributed by atoms with van der Waals surface area (Å²) in [6.45, 7) is 3.57. The SMILES string of the molecule is CC(C)C(=O)n1nc(-c2ccc(Cl)cc2)nc1N. The van der Waals surface area contributed by atoms with Gasteiger partial charge in [-0.2, -0.15) is 9.67 Å². The third-order valence-electron chi connectivity index (χ3n) is 2.44. The van der Waals surface area contributed by atoms with Gasteiger partial charge < -0.3 is 5.73 Å². The number of nitrogen functional groups attached to an aromatic ring is 1. The van der Waals surface area contributed by atoms with Crippen LogP contribution in [0.1, 0.15) is 18.6 Å². The Kier molecular flexibility index (Phi) is 3.34. The Balaban J connectivity index is 2.40. The summed E-state index contributed by atoms with van der Waals surface area (Å²) >= 11 is 5.80. The summed E-state index contributed by atoms with van der Waals surface area (Å²) < 4.78 is 1.13. The van der Waals surface area contributed by atoms with Crippen LogP contribution >= 0.6 is 11.6 Å². The van der Waals surface area contributed by atoms with E-state index in [4.69, 9.17) is 17.3 Å². The molecule has 0 radical (unpaired) electrons. The van der Waals surface area contributed by atoms with E-state index in [1.54, 1.807) is 38.1 Å². The van der Waals surface area contributed by atoms with Gasteiger partial charge in [-0.05, 0) is 24.3 Å². The largest absolute Gasteiger partial charge is 0.368 e. The standard InChI is InChI=1S/C12H13ClN4O/c1-7(2)11(18)17-12(14)15-10(16-17)8-3-5-9(13)6-4-8/h3-7H,1-2H3,(H2,14,15,16). The molecule has 0 amide bonds. The number of carbonyl (C=O) groups excluding carboxylic acids is 1. The molecule has 18 heavy (non-hydrogen) atoms. The van der Waals surface area contributed by atoms with Crippen molar-refractivity contribution in [3.63, 3.8) is 0 Å². The molecule has 2 aromatic rings. The fourth-order valence-corrected chi connectivity index (χ4v) is 1.58. The van der Waals surface area contributed by atoms with Gasteiger partial charge in [-0.3, -0.25) is 4.79 Å². The molecule has 0 saturated heterocycles. The van der Waals surface area contributed by atoms with Gasteiger partial charge >= 0.3 is 0 Å². The highest BCUT2D eigenvalue weighted by molar-refractivity contribution is 6.30. The Hall–Kier alpha value is -1.88. The molecule has 1 heterocycles. The van der Waals surface area contributed by atoms with E-state index in [1.807, 2.05) is 0 Å². The summed E-state index contributed by atoms with van der Waals surface area (Å²) in [5.74, 6) is 0.143. The van der Waals surface area contributed by atoms with Crippen LogP contribution in [0.3, 0.4) is 0 Å². The highest BCUT2D eigenvalue weighted by Gasteiger charge is 2.17. The first kappa shape index (κ1) is 12.6. The van der Waals surface area contributed by atoms with Crippen molar-refractivity contribution in [3.8, 4) is 11.4 Å². The number of nitrogens with two attached hydrogens (primary N) is 1. The van der Waals surface area contributed by atoms with E-state index < -0.39 is 0 Å². The van der Waals surface area contributed by atoms with Gasteiger partial charge in [-0.15, -0.1) is 5.10 Å². The fourth-order valence-electron chi connectivity index (χ4n) is 1.45. The molecule has 0 saturated carbocycles. The predicted molar refractivity (Wildman–Crippen MR) is 70.3 cm³/mol. The average Bonchev–Trinajstić information content (AvgIpc) is 2.71. The smallest absolute Gasteiger partial charge is 0.252 e. The molecule has 0 spiro atoms. The van der Waals surface area contributed by atoms with E-state index in [2.05, 4.69) is 10.1 Å². The lowest BCUT2D eigenvalue weighted by molar-refractivity contribution is 0.0842. The molecule has 2 rings (SSSR count). The van der Waals surface area contributed by atoms with E-state index in [-0.39, 0.29) is 17.8 Å². The average molecular weight is 265 g/mol. The lowest BCUT2D eigenvalue weighted by atomic mass is 10.2. The summed E-state index contributed by atoms with van der Waals surface area (Å²) in [5, 5.41) is 4.75. The molecule has 0 unspecified atom stereocenters. The summed E-state index contributed by atoms with van der Waals surface area (Å²) in [6.07, 6.45) is 0. The maximum Gasteiger partial charge on any atom is 0.252 e. The molecule has 1 aromatic heterocycles. The number of anilines is 1. The van der Waals surface area contributed by atoms with E-state index >= 15 is 0 Å². The quantitative estimate of drug-likeness (QED) is 0.904. The van der Waals surface area contributed by atoms with Crippen LogP contribution in [0.5, 0.6) is 0 Å². The highest BCUT2D eigenvalue weighted by atomic mass is 35.5. The van der Waals surface area contributed by atoms with Gasteiger partial charge in [0.2, 0.25) is 5.95 Å². The van der Waals surface area contributed by atoms with Gasteiger partial charge in [0.1, 0.15) is 0 Å². The van der Waals surface area contributed by atoms with Crippen molar-refractivity contribution in [2.75, 3.05) is 5.73 Å². The molecule has 94 valence electrons. The van der Waals surface area contributed by atoms with Gasteiger partial charge in [0, 0.05) is 16.5 Å². The summed E-state index contributed by atoms with van der Waals surface area (Å²) in [6, 6.07) is 7.03. The molecule has 0 aliphatic heterocycles. The van der Waals surface area contributed by atoms with Crippen molar-refractivity contribution in [2.45, 2.75) is 13.8 Å². The molecule has 0 aliphatic carbocycles. The Morgan fingerprint density at radius 2 is 1.94 bits per heavy atom. The normalized spacial score (nSPS) is 10.9. The van der Waals surface area contributed by atoms with Crippen LogP contribution in [0.4, 0.5) is 5.95 Å². The molecular weight excluding hydrogens is 252 g/mol. The van der Waals surface area contributed by atoms with E-state index in [0.717, 1.165) is 10.2 Å². The topological polar surface area (TPSA) is 73.8 Å². The number of benzene rings is 1. The van der Waals surface area contributed by atoms with Gasteiger partial charge in [-0.25, -0.2) is 0 Å². The number of halogens is 1. The van der Waals surface area contributed by atoms with Crippen LogP contribution in [-0.2, 0) is 0 Å². The van der Waals surface area contributed by atoms with Gasteiger partial charge in [0.15, 0.2) is 5.82 Å². The van der Waals surface area contributed by atoms with Crippen LogP contribution in [0, 0.1) is 5.92 Å². The Bertz CT molecular complexity index is 574. The molecule has 0 atom stereocenters. The van der Waals surface area contributed by atoms with Crippen molar-refractivity contribution < 1.29 is 4.79 Å². The number of hydrogen-bond donors (Lipinski definition) is 1. The zero-order valence-corrected chi connectivity index (χ0v) is 10.8. The molecule has 5 nitrogen and oxygen atoms in total.